The smallest absolute Gasteiger partial charge is 0.246 e. The highest BCUT2D eigenvalue weighted by Crippen LogP contribution is 2.54. The summed E-state index contributed by atoms with van der Waals surface area (Å²) in [5.74, 6) is 0.360. The Hall–Kier alpha value is -2.26. The fourth-order valence-corrected chi connectivity index (χ4v) is 11.1. The molecule has 2 saturated carbocycles. The third-order valence-electron chi connectivity index (χ3n) is 12.1. The van der Waals surface area contributed by atoms with Gasteiger partial charge in [-0.05, 0) is 76.2 Å². The van der Waals surface area contributed by atoms with Gasteiger partial charge in [-0.15, -0.1) is 11.8 Å². The Morgan fingerprint density at radius 1 is 1.11 bits per heavy atom. The summed E-state index contributed by atoms with van der Waals surface area (Å²) in [6.07, 6.45) is 13.2. The first-order valence-corrected chi connectivity index (χ1v) is 18.9. The first-order chi connectivity index (χ1) is 22.9. The molecule has 4 aliphatic heterocycles. The number of ketones is 1. The number of amides is 1. The summed E-state index contributed by atoms with van der Waals surface area (Å²) in [5, 5.41) is 13.7. The van der Waals surface area contributed by atoms with Crippen molar-refractivity contribution in [2.45, 2.75) is 123 Å². The lowest BCUT2D eigenvalue weighted by Crippen LogP contribution is -2.77. The van der Waals surface area contributed by atoms with Gasteiger partial charge in [0.2, 0.25) is 5.91 Å². The minimum absolute atomic E-state index is 0.0782. The topological polar surface area (TPSA) is 92.2 Å². The molecule has 0 bridgehead atoms. The summed E-state index contributed by atoms with van der Waals surface area (Å²) in [5.41, 5.74) is 1.30. The molecule has 7 atom stereocenters. The number of likely N-dealkylation sites (N-methyl/N-ethyl adjacent to an activating group) is 1. The quantitative estimate of drug-likeness (QED) is 0.338. The molecular formula is C37H52N6O3S. The molecule has 1 N–H and O–H groups in total. The third kappa shape index (κ3) is 6.44. The predicted molar refractivity (Wildman–Crippen MR) is 183 cm³/mol. The number of piperazine rings is 1. The molecule has 254 valence electrons. The van der Waals surface area contributed by atoms with E-state index in [4.69, 9.17) is 4.74 Å². The lowest BCUT2D eigenvalue weighted by atomic mass is 9.70. The lowest BCUT2D eigenvalue weighted by Gasteiger charge is -2.59. The standard InChI is InChI=1S/C37H52N6O3S/c1-3-32(44)42-22-21-41(24-28(42)17-19-38)35-30-16-18-37(23-26-11-8-9-15-31(26)47-37)34(45)33(30)43(27-12-6-4-5-7-13-27)36(39-35)46-25-29-14-10-20-40(29)2/h3,8-9,11,15,27-30,33,35-36,39H,1,4-7,10,12-14,16-18,20-25H2,2H3/t28?,29?,30?,33?,35?,36?,37-/m0/s1. The van der Waals surface area contributed by atoms with Crippen LogP contribution < -0.4 is 5.32 Å². The molecule has 47 heavy (non-hydrogen) atoms. The number of hydrogen-bond donors (Lipinski definition) is 1. The number of nitrogens with zero attached hydrogens (tertiary/aromatic N) is 5. The van der Waals surface area contributed by atoms with Crippen molar-refractivity contribution in [1.29, 1.82) is 5.26 Å². The fraction of sp³-hybridized carbons (Fsp3) is 0.703. The molecular weight excluding hydrogens is 609 g/mol. The van der Waals surface area contributed by atoms with Crippen LogP contribution in [0.5, 0.6) is 0 Å². The minimum Gasteiger partial charge on any atom is -0.348 e. The number of nitriles is 1. The van der Waals surface area contributed by atoms with Crippen LogP contribution in [0, 0.1) is 17.2 Å². The van der Waals surface area contributed by atoms with Crippen LogP contribution in [0.4, 0.5) is 0 Å². The first kappa shape index (κ1) is 33.2. The Morgan fingerprint density at radius 2 is 1.91 bits per heavy atom. The zero-order chi connectivity index (χ0) is 32.5. The van der Waals surface area contributed by atoms with E-state index in [0.717, 1.165) is 45.1 Å². The monoisotopic (exact) mass is 660 g/mol. The molecule has 1 spiro atoms. The van der Waals surface area contributed by atoms with Crippen molar-refractivity contribution < 1.29 is 14.3 Å². The van der Waals surface area contributed by atoms with Gasteiger partial charge in [0.1, 0.15) is 0 Å². The number of likely N-dealkylation sites (tertiary alicyclic amines) is 1. The molecule has 6 unspecified atom stereocenters. The average Bonchev–Trinajstić information content (AvgIpc) is 3.57. The molecule has 0 radical (unpaired) electrons. The van der Waals surface area contributed by atoms with Crippen molar-refractivity contribution in [3.05, 3.63) is 42.5 Å². The molecule has 5 fully saturated rings. The minimum atomic E-state index is -0.440. The summed E-state index contributed by atoms with van der Waals surface area (Å²) < 4.78 is 6.54. The number of nitrogens with one attached hydrogen (secondary N) is 1. The van der Waals surface area contributed by atoms with Crippen molar-refractivity contribution in [3.8, 4) is 6.07 Å². The van der Waals surface area contributed by atoms with Crippen LogP contribution in [0.2, 0.25) is 0 Å². The molecule has 3 saturated heterocycles. The maximum Gasteiger partial charge on any atom is 0.246 e. The van der Waals surface area contributed by atoms with E-state index in [9.17, 15) is 10.1 Å². The highest BCUT2D eigenvalue weighted by Gasteiger charge is 2.60. The van der Waals surface area contributed by atoms with E-state index in [1.54, 1.807) is 0 Å². The SMILES string of the molecule is C=CC(=O)N1CCN(C2NC(OCC3CCCN3C)N(C3CCCCCC3)C3C(=O)[C@]4(CCC23)Cc2ccccc2S4)CC1CC#N. The zero-order valence-electron chi connectivity index (χ0n) is 28.0. The van der Waals surface area contributed by atoms with Gasteiger partial charge in [0.05, 0.1) is 42.1 Å². The van der Waals surface area contributed by atoms with Crippen LogP contribution in [0.1, 0.15) is 76.2 Å². The molecule has 2 aliphatic carbocycles. The second-order valence-electron chi connectivity index (χ2n) is 14.8. The number of Topliss-reactive ketones (excluding diaryl/α,β-unsaturated/α-hetero) is 1. The molecule has 7 rings (SSSR count). The van der Waals surface area contributed by atoms with E-state index in [2.05, 4.69) is 64.0 Å². The van der Waals surface area contributed by atoms with Crippen molar-refractivity contribution >= 4 is 23.5 Å². The van der Waals surface area contributed by atoms with Gasteiger partial charge in [-0.25, -0.2) is 0 Å². The summed E-state index contributed by atoms with van der Waals surface area (Å²) in [6.45, 7) is 7.27. The second kappa shape index (κ2) is 14.3. The van der Waals surface area contributed by atoms with Crippen LogP contribution in [0.15, 0.2) is 41.8 Å². The van der Waals surface area contributed by atoms with Gasteiger partial charge >= 0.3 is 0 Å². The van der Waals surface area contributed by atoms with Gasteiger partial charge in [0.25, 0.3) is 0 Å². The Kier molecular flexibility index (Phi) is 10.1. The van der Waals surface area contributed by atoms with Crippen LogP contribution in [0.3, 0.4) is 0 Å². The van der Waals surface area contributed by atoms with Crippen LogP contribution in [0.25, 0.3) is 0 Å². The Balaban J connectivity index is 1.24. The Morgan fingerprint density at radius 3 is 2.64 bits per heavy atom. The molecule has 1 aromatic rings. The summed E-state index contributed by atoms with van der Waals surface area (Å²) in [4.78, 5) is 38.5. The van der Waals surface area contributed by atoms with E-state index >= 15 is 4.79 Å². The molecule has 10 heteroatoms. The van der Waals surface area contributed by atoms with Gasteiger partial charge in [0, 0.05) is 42.5 Å². The van der Waals surface area contributed by atoms with Crippen LogP contribution in [-0.4, -0.2) is 113 Å². The molecule has 4 heterocycles. The number of fused-ring (bicyclic) bond motifs is 2. The van der Waals surface area contributed by atoms with E-state index in [1.165, 1.54) is 48.6 Å². The van der Waals surface area contributed by atoms with Crippen LogP contribution in [-0.2, 0) is 20.7 Å². The van der Waals surface area contributed by atoms with Gasteiger partial charge < -0.3 is 14.5 Å². The highest BCUT2D eigenvalue weighted by molar-refractivity contribution is 8.01. The van der Waals surface area contributed by atoms with Gasteiger partial charge in [0.15, 0.2) is 12.1 Å². The Labute approximate surface area is 285 Å². The summed E-state index contributed by atoms with van der Waals surface area (Å²) >= 11 is 1.81. The van der Waals surface area contributed by atoms with E-state index < -0.39 is 4.75 Å². The second-order valence-corrected chi connectivity index (χ2v) is 16.2. The summed E-state index contributed by atoms with van der Waals surface area (Å²) in [7, 11) is 2.19. The van der Waals surface area contributed by atoms with Crippen molar-refractivity contribution in [3.63, 3.8) is 0 Å². The summed E-state index contributed by atoms with van der Waals surface area (Å²) in [6, 6.07) is 11.1. The predicted octanol–water partition coefficient (Wildman–Crippen LogP) is 4.38. The normalized spacial score (nSPS) is 35.7. The third-order valence-corrected chi connectivity index (χ3v) is 13.7. The fourth-order valence-electron chi connectivity index (χ4n) is 9.61. The molecule has 6 aliphatic rings. The number of hydrogen-bond acceptors (Lipinski definition) is 9. The van der Waals surface area contributed by atoms with E-state index in [1.807, 2.05) is 16.7 Å². The van der Waals surface area contributed by atoms with Gasteiger partial charge in [-0.2, -0.15) is 5.26 Å². The zero-order valence-corrected chi connectivity index (χ0v) is 28.8. The maximum atomic E-state index is 15.3. The van der Waals surface area contributed by atoms with Gasteiger partial charge in [-0.3, -0.25) is 24.7 Å². The largest absolute Gasteiger partial charge is 0.348 e. The molecule has 9 nitrogen and oxygen atoms in total. The molecule has 1 amide bonds. The van der Waals surface area contributed by atoms with Gasteiger partial charge in [-0.1, -0.05) is 50.5 Å². The van der Waals surface area contributed by atoms with Crippen LogP contribution >= 0.6 is 11.8 Å². The lowest BCUT2D eigenvalue weighted by molar-refractivity contribution is -0.200. The number of carbonyl (C=O) groups is 2. The van der Waals surface area contributed by atoms with E-state index in [0.29, 0.717) is 44.1 Å². The Bertz CT molecular complexity index is 1330. The number of ether oxygens (including phenoxy) is 1. The number of carbonyl (C=O) groups excluding carboxylic acids is 2. The first-order valence-electron chi connectivity index (χ1n) is 18.1. The number of rotatable bonds is 7. The van der Waals surface area contributed by atoms with Crippen molar-refractivity contribution in [1.82, 2.24) is 24.9 Å². The number of benzene rings is 1. The average molecular weight is 661 g/mol. The van der Waals surface area contributed by atoms with E-state index in [-0.39, 0.29) is 42.8 Å². The number of thioether (sulfide) groups is 1. The highest BCUT2D eigenvalue weighted by atomic mass is 32.2. The maximum absolute atomic E-state index is 15.3. The molecule has 1 aromatic carbocycles. The van der Waals surface area contributed by atoms with Crippen molar-refractivity contribution in [2.75, 3.05) is 39.8 Å². The van der Waals surface area contributed by atoms with Crippen molar-refractivity contribution in [2.24, 2.45) is 5.92 Å². The molecule has 0 aromatic heterocycles.